The normalized spacial score (nSPS) is 19.8. The second kappa shape index (κ2) is 11.0. The number of halogens is 1. The molecule has 6 heteroatoms. The van der Waals surface area contributed by atoms with Crippen LogP contribution >= 0.6 is 0 Å². The number of benzene rings is 2. The average Bonchev–Trinajstić information content (AvgIpc) is 2.61. The first-order chi connectivity index (χ1) is 11.7. The van der Waals surface area contributed by atoms with Crippen molar-refractivity contribution < 1.29 is 39.4 Å². The number of nitrogens with zero attached hydrogens (tertiary/aromatic N) is 2. The van der Waals surface area contributed by atoms with Crippen LogP contribution in [0.4, 0.5) is 0 Å². The van der Waals surface area contributed by atoms with E-state index < -0.39 is 0 Å². The third-order valence-electron chi connectivity index (χ3n) is 4.38. The van der Waals surface area contributed by atoms with Crippen molar-refractivity contribution >= 4 is 12.4 Å². The number of para-hydroxylation sites is 2. The third-order valence-corrected chi connectivity index (χ3v) is 4.38. The first-order valence-electron chi connectivity index (χ1n) is 8.36. The minimum atomic E-state index is 0. The van der Waals surface area contributed by atoms with E-state index in [0.717, 1.165) is 36.8 Å². The molecule has 1 aliphatic rings. The van der Waals surface area contributed by atoms with E-state index >= 15 is 0 Å². The van der Waals surface area contributed by atoms with E-state index in [-0.39, 0.29) is 52.8 Å². The molecule has 0 aliphatic heterocycles. The monoisotopic (exact) mass is 416 g/mol. The van der Waals surface area contributed by atoms with E-state index in [1.165, 1.54) is 0 Å². The minimum Gasteiger partial charge on any atom is -1.00 e. The molecule has 1 fully saturated rings. The largest absolute Gasteiger partial charge is 1.00 e. The molecule has 0 saturated heterocycles. The number of phenolic OH excluding ortho intramolecular Hbond substituents is 2. The predicted octanol–water partition coefficient (Wildman–Crippen LogP) is 0.948. The Morgan fingerprint density at radius 1 is 0.731 bits per heavy atom. The van der Waals surface area contributed by atoms with Crippen LogP contribution in [0.5, 0.6) is 11.5 Å². The summed E-state index contributed by atoms with van der Waals surface area (Å²) in [6.45, 7) is 0. The molecule has 1 aliphatic carbocycles. The first-order valence-corrected chi connectivity index (χ1v) is 8.36. The van der Waals surface area contributed by atoms with Gasteiger partial charge in [0.05, 0.1) is 12.1 Å². The Balaban J connectivity index is 0.00000169. The van der Waals surface area contributed by atoms with Crippen LogP contribution in [0.1, 0.15) is 36.8 Å². The summed E-state index contributed by atoms with van der Waals surface area (Å²) in [5, 5.41) is 19.7. The van der Waals surface area contributed by atoms with Crippen molar-refractivity contribution in [2.75, 3.05) is 0 Å². The molecule has 3 rings (SSSR count). The van der Waals surface area contributed by atoms with Crippen LogP contribution in [0.2, 0.25) is 0 Å². The van der Waals surface area contributed by atoms with Gasteiger partial charge in [-0.15, -0.1) is 0 Å². The molecule has 0 amide bonds. The van der Waals surface area contributed by atoms with Gasteiger partial charge in [0.25, 0.3) is 0 Å². The fourth-order valence-electron chi connectivity index (χ4n) is 2.98. The zero-order chi connectivity index (χ0) is 16.8. The summed E-state index contributed by atoms with van der Waals surface area (Å²) < 4.78 is 0. The van der Waals surface area contributed by atoms with Crippen molar-refractivity contribution in [3.05, 3.63) is 59.7 Å². The minimum absolute atomic E-state index is 0. The summed E-state index contributed by atoms with van der Waals surface area (Å²) in [6.07, 6.45) is 7.76. The zero-order valence-corrected chi connectivity index (χ0v) is 16.1. The van der Waals surface area contributed by atoms with E-state index in [9.17, 15) is 10.2 Å². The Bertz CT molecular complexity index is 689. The number of aromatic hydroxyl groups is 2. The maximum Gasteiger partial charge on any atom is 0.124 e. The fourth-order valence-corrected chi connectivity index (χ4v) is 2.98. The number of phenols is 2. The van der Waals surface area contributed by atoms with Crippen molar-refractivity contribution in [1.82, 2.24) is 0 Å². The summed E-state index contributed by atoms with van der Waals surface area (Å²) in [5.74, 6) is 0.484. The van der Waals surface area contributed by atoms with Crippen LogP contribution < -0.4 is 12.4 Å². The molecule has 26 heavy (non-hydrogen) atoms. The number of hydrogen-bond donors (Lipinski definition) is 2. The molecule has 4 nitrogen and oxygen atoms in total. The summed E-state index contributed by atoms with van der Waals surface area (Å²) in [7, 11) is 0. The summed E-state index contributed by atoms with van der Waals surface area (Å²) in [4.78, 5) is 9.34. The van der Waals surface area contributed by atoms with Gasteiger partial charge in [-0.1, -0.05) is 37.1 Å². The molecular weight excluding hydrogens is 395 g/mol. The van der Waals surface area contributed by atoms with E-state index in [1.54, 1.807) is 36.7 Å². The molecule has 1 radical (unpaired) electrons. The van der Waals surface area contributed by atoms with Gasteiger partial charge < -0.3 is 22.6 Å². The summed E-state index contributed by atoms with van der Waals surface area (Å²) in [5.41, 5.74) is 1.46. The summed E-state index contributed by atoms with van der Waals surface area (Å²) >= 11 is 0. The molecular formula is C20H22ClCoN2O2-. The molecule has 141 valence electrons. The number of rotatable bonds is 4. The fraction of sp³-hybridized carbons (Fsp3) is 0.300. The van der Waals surface area contributed by atoms with Gasteiger partial charge in [-0.25, -0.2) is 0 Å². The van der Waals surface area contributed by atoms with Crippen LogP contribution in [0.3, 0.4) is 0 Å². The quantitative estimate of drug-likeness (QED) is 0.729. The zero-order valence-electron chi connectivity index (χ0n) is 14.3. The SMILES string of the molecule is Oc1ccccc1C=N[C@@H]1CCCC[C@H]1N=Cc1ccccc1O.[Cl-].[Co]. The standard InChI is InChI=1S/C20H22N2O2.ClH.Co/c23-19-11-5-1-7-15(19)13-21-17-9-3-4-10-18(17)22-14-16-8-2-6-12-20(16)24;;/h1-2,5-8,11-14,17-18,23-24H,3-4,9-10H2;1H;/p-1/t17-,18-;;/m1../s1. The van der Waals surface area contributed by atoms with Crippen LogP contribution in [-0.2, 0) is 16.8 Å². The molecule has 0 aromatic heterocycles. The van der Waals surface area contributed by atoms with Gasteiger partial charge in [-0.05, 0) is 37.1 Å². The molecule has 0 unspecified atom stereocenters. The average molecular weight is 417 g/mol. The maximum atomic E-state index is 9.84. The van der Waals surface area contributed by atoms with Crippen molar-refractivity contribution in [3.8, 4) is 11.5 Å². The van der Waals surface area contributed by atoms with Crippen molar-refractivity contribution in [2.45, 2.75) is 37.8 Å². The van der Waals surface area contributed by atoms with E-state index in [0.29, 0.717) is 0 Å². The Hall–Kier alpha value is -1.82. The molecule has 0 spiro atoms. The van der Waals surface area contributed by atoms with Gasteiger partial charge in [0.2, 0.25) is 0 Å². The van der Waals surface area contributed by atoms with Crippen LogP contribution in [0, 0.1) is 0 Å². The van der Waals surface area contributed by atoms with Gasteiger partial charge in [0.1, 0.15) is 11.5 Å². The Labute approximate surface area is 170 Å². The van der Waals surface area contributed by atoms with Crippen LogP contribution in [0.25, 0.3) is 0 Å². The van der Waals surface area contributed by atoms with Crippen molar-refractivity contribution in [2.24, 2.45) is 9.98 Å². The molecule has 1 saturated carbocycles. The molecule has 0 bridgehead atoms. The third kappa shape index (κ3) is 5.87. The Morgan fingerprint density at radius 3 is 1.50 bits per heavy atom. The van der Waals surface area contributed by atoms with Crippen molar-refractivity contribution in [1.29, 1.82) is 0 Å². The second-order valence-corrected chi connectivity index (χ2v) is 6.09. The van der Waals surface area contributed by atoms with Crippen molar-refractivity contribution in [3.63, 3.8) is 0 Å². The topological polar surface area (TPSA) is 65.2 Å². The Morgan fingerprint density at radius 2 is 1.12 bits per heavy atom. The van der Waals surface area contributed by atoms with Gasteiger partial charge in [0, 0.05) is 40.3 Å². The molecule has 2 N–H and O–H groups in total. The molecule has 2 aromatic carbocycles. The van der Waals surface area contributed by atoms with Gasteiger partial charge >= 0.3 is 0 Å². The van der Waals surface area contributed by atoms with Crippen LogP contribution in [-0.4, -0.2) is 34.7 Å². The van der Waals surface area contributed by atoms with E-state index in [1.807, 2.05) is 24.3 Å². The number of aliphatic imine (C=N–C) groups is 2. The number of hydrogen-bond acceptors (Lipinski definition) is 4. The van der Waals surface area contributed by atoms with Gasteiger partial charge in [0.15, 0.2) is 0 Å². The molecule has 2 atom stereocenters. The van der Waals surface area contributed by atoms with Crippen LogP contribution in [0.15, 0.2) is 58.5 Å². The Kier molecular flexibility index (Phi) is 9.41. The summed E-state index contributed by atoms with van der Waals surface area (Å²) in [6, 6.07) is 14.6. The smallest absolute Gasteiger partial charge is 0.124 e. The predicted molar refractivity (Wildman–Crippen MR) is 97.4 cm³/mol. The molecule has 2 aromatic rings. The van der Waals surface area contributed by atoms with Gasteiger partial charge in [-0.2, -0.15) is 0 Å². The maximum absolute atomic E-state index is 9.84. The molecule has 0 heterocycles. The van der Waals surface area contributed by atoms with Gasteiger partial charge in [-0.3, -0.25) is 9.98 Å². The first kappa shape index (κ1) is 22.2. The second-order valence-electron chi connectivity index (χ2n) is 6.09. The van der Waals surface area contributed by atoms with E-state index in [2.05, 4.69) is 9.98 Å². The van der Waals surface area contributed by atoms with E-state index in [4.69, 9.17) is 0 Å².